The van der Waals surface area contributed by atoms with Crippen molar-refractivity contribution in [2.45, 2.75) is 23.6 Å². The van der Waals surface area contributed by atoms with Crippen LogP contribution in [-0.2, 0) is 9.59 Å². The minimum atomic E-state index is -1.01. The van der Waals surface area contributed by atoms with Gasteiger partial charge in [-0.2, -0.15) is 0 Å². The van der Waals surface area contributed by atoms with E-state index in [4.69, 9.17) is 23.2 Å². The summed E-state index contributed by atoms with van der Waals surface area (Å²) < 4.78 is 0. The molecule has 0 aliphatic heterocycles. The van der Waals surface area contributed by atoms with Crippen molar-refractivity contribution in [3.05, 3.63) is 24.3 Å². The van der Waals surface area contributed by atoms with Crippen molar-refractivity contribution in [1.82, 2.24) is 0 Å². The van der Waals surface area contributed by atoms with Crippen LogP contribution in [0.15, 0.2) is 24.3 Å². The third-order valence-corrected chi connectivity index (χ3v) is 5.84. The molecule has 3 saturated carbocycles. The van der Waals surface area contributed by atoms with Crippen LogP contribution in [-0.4, -0.2) is 21.3 Å². The molecule has 6 atom stereocenters. The highest BCUT2D eigenvalue weighted by Gasteiger charge is 2.87. The Morgan fingerprint density at radius 1 is 0.889 bits per heavy atom. The van der Waals surface area contributed by atoms with E-state index in [1.807, 2.05) is 38.2 Å². The topological polar surface area (TPSA) is 34.1 Å². The summed E-state index contributed by atoms with van der Waals surface area (Å²) >= 11 is 12.8. The van der Waals surface area contributed by atoms with Gasteiger partial charge in [0, 0.05) is 11.8 Å². The molecular formula is C14H14Cl2O2. The van der Waals surface area contributed by atoms with Gasteiger partial charge in [0.1, 0.15) is 9.75 Å². The van der Waals surface area contributed by atoms with Gasteiger partial charge in [0.25, 0.3) is 0 Å². The van der Waals surface area contributed by atoms with Gasteiger partial charge in [-0.15, -0.1) is 23.2 Å². The fourth-order valence-electron chi connectivity index (χ4n) is 3.50. The van der Waals surface area contributed by atoms with Gasteiger partial charge in [-0.25, -0.2) is 0 Å². The third-order valence-electron chi connectivity index (χ3n) is 4.50. The van der Waals surface area contributed by atoms with Crippen molar-refractivity contribution in [3.8, 4) is 0 Å². The number of alkyl halides is 2. The van der Waals surface area contributed by atoms with Crippen LogP contribution in [0.2, 0.25) is 0 Å². The van der Waals surface area contributed by atoms with Gasteiger partial charge in [0.15, 0.2) is 11.6 Å². The van der Waals surface area contributed by atoms with E-state index >= 15 is 0 Å². The van der Waals surface area contributed by atoms with E-state index in [9.17, 15) is 9.59 Å². The summed E-state index contributed by atoms with van der Waals surface area (Å²) in [5.41, 5.74) is 0. The molecule has 0 aromatic heterocycles. The second-order valence-corrected chi connectivity index (χ2v) is 6.57. The van der Waals surface area contributed by atoms with Crippen LogP contribution in [0, 0.1) is 23.7 Å². The van der Waals surface area contributed by atoms with Crippen LogP contribution in [0.5, 0.6) is 0 Å². The molecule has 4 heteroatoms. The molecule has 18 heavy (non-hydrogen) atoms. The molecule has 3 fully saturated rings. The van der Waals surface area contributed by atoms with E-state index in [1.54, 1.807) is 0 Å². The van der Waals surface area contributed by atoms with E-state index in [1.165, 1.54) is 0 Å². The quantitative estimate of drug-likeness (QED) is 0.577. The van der Waals surface area contributed by atoms with E-state index in [0.717, 1.165) is 0 Å². The largest absolute Gasteiger partial charge is 0.297 e. The van der Waals surface area contributed by atoms with Gasteiger partial charge in [0.05, 0.1) is 11.8 Å². The van der Waals surface area contributed by atoms with Crippen molar-refractivity contribution in [3.63, 3.8) is 0 Å². The first-order valence-electron chi connectivity index (χ1n) is 6.17. The van der Waals surface area contributed by atoms with Gasteiger partial charge in [-0.1, -0.05) is 24.3 Å². The lowest BCUT2D eigenvalue weighted by molar-refractivity contribution is -0.129. The summed E-state index contributed by atoms with van der Waals surface area (Å²) in [4.78, 5) is 22.8. The Labute approximate surface area is 116 Å². The number of hydrogen-bond donors (Lipinski definition) is 0. The number of fused-ring (bicyclic) bond motifs is 2. The molecule has 0 radical (unpaired) electrons. The van der Waals surface area contributed by atoms with Crippen LogP contribution < -0.4 is 0 Å². The lowest BCUT2D eigenvalue weighted by Crippen LogP contribution is -2.37. The molecule has 96 valence electrons. The summed E-state index contributed by atoms with van der Waals surface area (Å²) in [6.07, 6.45) is 7.37. The maximum atomic E-state index is 12.4. The number of Topliss-reactive ketones (excluding diaryl/α,β-unsaturated/α-hetero) is 2. The summed E-state index contributed by atoms with van der Waals surface area (Å²) in [5.74, 6) is -1.28. The van der Waals surface area contributed by atoms with E-state index in [0.29, 0.717) is 0 Å². The Hall–Kier alpha value is -0.600. The number of hydrogen-bond acceptors (Lipinski definition) is 2. The highest BCUT2D eigenvalue weighted by atomic mass is 35.5. The first-order valence-corrected chi connectivity index (χ1v) is 6.93. The molecule has 0 amide bonds. The van der Waals surface area contributed by atoms with Crippen LogP contribution >= 0.6 is 23.2 Å². The number of allylic oxidation sites excluding steroid dienone is 4. The normalized spacial score (nSPS) is 53.8. The summed E-state index contributed by atoms with van der Waals surface area (Å²) in [5, 5.41) is 0. The molecule has 0 N–H and O–H groups in total. The van der Waals surface area contributed by atoms with Crippen molar-refractivity contribution in [2.75, 3.05) is 0 Å². The van der Waals surface area contributed by atoms with Crippen molar-refractivity contribution >= 4 is 34.8 Å². The monoisotopic (exact) mass is 284 g/mol. The van der Waals surface area contributed by atoms with Gasteiger partial charge in [0.2, 0.25) is 0 Å². The van der Waals surface area contributed by atoms with Crippen LogP contribution in [0.1, 0.15) is 13.8 Å². The van der Waals surface area contributed by atoms with Gasteiger partial charge < -0.3 is 0 Å². The predicted octanol–water partition coefficient (Wildman–Crippen LogP) is 2.74. The zero-order chi connectivity index (χ0) is 13.3. The molecule has 3 aliphatic carbocycles. The number of halogens is 2. The lowest BCUT2D eigenvalue weighted by atomic mass is 9.97. The second-order valence-electron chi connectivity index (χ2n) is 5.32. The van der Waals surface area contributed by atoms with E-state index < -0.39 is 21.6 Å². The molecule has 3 rings (SSSR count). The molecule has 0 heterocycles. The first-order chi connectivity index (χ1) is 8.45. The average molecular weight is 285 g/mol. The SMILES string of the molecule is C/C=C\[C@@H]1[C@H]2C(=O)[C@]3(Cl)[C@H](C(=O)[C@]12Cl)[C@@H]3/C=C/C. The Morgan fingerprint density at radius 3 is 1.50 bits per heavy atom. The maximum absolute atomic E-state index is 12.4. The number of ketones is 2. The molecule has 0 aromatic rings. The Balaban J connectivity index is 1.99. The number of carbonyl (C=O) groups excluding carboxylic acids is 2. The molecule has 0 unspecified atom stereocenters. The summed E-state index contributed by atoms with van der Waals surface area (Å²) in [6, 6.07) is 0. The molecule has 0 bridgehead atoms. The van der Waals surface area contributed by atoms with E-state index in [2.05, 4.69) is 0 Å². The summed E-state index contributed by atoms with van der Waals surface area (Å²) in [7, 11) is 0. The van der Waals surface area contributed by atoms with Crippen molar-refractivity contribution in [2.24, 2.45) is 23.7 Å². The van der Waals surface area contributed by atoms with E-state index in [-0.39, 0.29) is 23.4 Å². The number of rotatable bonds is 2. The summed E-state index contributed by atoms with van der Waals surface area (Å²) in [6.45, 7) is 3.72. The lowest BCUT2D eigenvalue weighted by Gasteiger charge is -2.16. The van der Waals surface area contributed by atoms with Crippen LogP contribution in [0.25, 0.3) is 0 Å². The first kappa shape index (κ1) is 12.4. The Kier molecular flexibility index (Phi) is 2.41. The smallest absolute Gasteiger partial charge is 0.161 e. The molecule has 2 nitrogen and oxygen atoms in total. The fourth-order valence-corrected chi connectivity index (χ4v) is 4.48. The fraction of sp³-hybridized carbons (Fsp3) is 0.571. The maximum Gasteiger partial charge on any atom is 0.161 e. The van der Waals surface area contributed by atoms with Gasteiger partial charge in [-0.05, 0) is 13.8 Å². The molecule has 3 aliphatic rings. The zero-order valence-corrected chi connectivity index (χ0v) is 11.7. The van der Waals surface area contributed by atoms with Crippen molar-refractivity contribution < 1.29 is 9.59 Å². The Bertz CT molecular complexity index is 464. The Morgan fingerprint density at radius 2 is 1.22 bits per heavy atom. The average Bonchev–Trinajstić information content (AvgIpc) is 3.13. The molecule has 0 aromatic carbocycles. The van der Waals surface area contributed by atoms with Crippen LogP contribution in [0.3, 0.4) is 0 Å². The zero-order valence-electron chi connectivity index (χ0n) is 10.2. The minimum Gasteiger partial charge on any atom is -0.297 e. The highest BCUT2D eigenvalue weighted by Crippen LogP contribution is 2.73. The standard InChI is InChI=1S/C14H14Cl2O2/c1-3-5-7-9-11(17)14(16)8(6-4-2)10(14)12(18)13(7,9)15/h3-10H,1-2H3/b5-3-,6-4+/t7-,8+,9+,10+,13+,14-/m1/s1. The molecule has 0 saturated heterocycles. The van der Waals surface area contributed by atoms with Crippen LogP contribution in [0.4, 0.5) is 0 Å². The van der Waals surface area contributed by atoms with Gasteiger partial charge >= 0.3 is 0 Å². The predicted molar refractivity (Wildman–Crippen MR) is 70.8 cm³/mol. The molecule has 0 spiro atoms. The number of carbonyl (C=O) groups is 2. The minimum absolute atomic E-state index is 0.0463. The molecular weight excluding hydrogens is 271 g/mol. The van der Waals surface area contributed by atoms with Crippen molar-refractivity contribution in [1.29, 1.82) is 0 Å². The third kappa shape index (κ3) is 1.12. The van der Waals surface area contributed by atoms with Gasteiger partial charge in [-0.3, -0.25) is 9.59 Å². The second kappa shape index (κ2) is 3.49. The highest BCUT2D eigenvalue weighted by molar-refractivity contribution is 6.51.